The molecule has 0 N–H and O–H groups in total. The Morgan fingerprint density at radius 1 is 0.714 bits per heavy atom. The fraction of sp³-hybridized carbons (Fsp3) is 0.286. The highest BCUT2D eigenvalue weighted by molar-refractivity contribution is 5.48. The molecule has 188 valence electrons. The van der Waals surface area contributed by atoms with E-state index in [2.05, 4.69) is 46.2 Å². The standard InChI is InChI=1S/C28H30F2N2O.2ClH/c29-26-12-8-24(9-13-26)28(25-10-14-27(30)15-11-25)33-22-21-32-19-17-31(18-20-32)16-4-7-23-5-2-1-3-6-23;;/h1-15,28H,16-22H2;2*1H/p-2/b7-4+;;. The van der Waals surface area contributed by atoms with Crippen molar-refractivity contribution >= 4 is 6.08 Å². The van der Waals surface area contributed by atoms with E-state index in [-0.39, 0.29) is 42.6 Å². The van der Waals surface area contributed by atoms with Crippen LogP contribution < -0.4 is 24.8 Å². The first-order valence-corrected chi connectivity index (χ1v) is 11.5. The minimum atomic E-state index is -0.351. The van der Waals surface area contributed by atoms with Gasteiger partial charge >= 0.3 is 0 Å². The van der Waals surface area contributed by atoms with Crippen molar-refractivity contribution in [1.29, 1.82) is 0 Å². The lowest BCUT2D eigenvalue weighted by Crippen LogP contribution is -3.00. The van der Waals surface area contributed by atoms with Gasteiger partial charge in [0.2, 0.25) is 0 Å². The molecule has 0 aromatic heterocycles. The number of ether oxygens (including phenoxy) is 1. The molecule has 0 bridgehead atoms. The van der Waals surface area contributed by atoms with Crippen LogP contribution in [0, 0.1) is 11.6 Å². The summed E-state index contributed by atoms with van der Waals surface area (Å²) in [6, 6.07) is 23.0. The highest BCUT2D eigenvalue weighted by Crippen LogP contribution is 2.26. The van der Waals surface area contributed by atoms with E-state index in [1.54, 1.807) is 24.3 Å². The molecular weight excluding hydrogens is 489 g/mol. The SMILES string of the molecule is Fc1ccc(C(OCCN2CCN(C/C=C/c3ccccc3)CC2)c2ccc(F)cc2)cc1.[Cl-].[Cl-]. The van der Waals surface area contributed by atoms with E-state index in [1.807, 2.05) is 6.07 Å². The van der Waals surface area contributed by atoms with Gasteiger partial charge < -0.3 is 29.6 Å². The average Bonchev–Trinajstić information content (AvgIpc) is 2.85. The zero-order valence-corrected chi connectivity index (χ0v) is 21.0. The van der Waals surface area contributed by atoms with Crippen LogP contribution in [0.25, 0.3) is 6.08 Å². The van der Waals surface area contributed by atoms with E-state index in [9.17, 15) is 8.78 Å². The molecule has 3 aromatic carbocycles. The van der Waals surface area contributed by atoms with E-state index in [4.69, 9.17) is 4.74 Å². The van der Waals surface area contributed by atoms with E-state index in [1.165, 1.54) is 29.8 Å². The van der Waals surface area contributed by atoms with Crippen LogP contribution in [0.5, 0.6) is 0 Å². The van der Waals surface area contributed by atoms with Gasteiger partial charge in [-0.15, -0.1) is 0 Å². The van der Waals surface area contributed by atoms with Crippen LogP contribution in [0.15, 0.2) is 84.9 Å². The molecule has 7 heteroatoms. The summed E-state index contributed by atoms with van der Waals surface area (Å²) in [7, 11) is 0. The van der Waals surface area contributed by atoms with Gasteiger partial charge in [0.1, 0.15) is 17.7 Å². The summed E-state index contributed by atoms with van der Waals surface area (Å²) >= 11 is 0. The number of halogens is 4. The van der Waals surface area contributed by atoms with Gasteiger partial charge in [0, 0.05) is 39.3 Å². The van der Waals surface area contributed by atoms with Crippen molar-refractivity contribution in [2.24, 2.45) is 0 Å². The Kier molecular flexibility index (Phi) is 12.4. The number of nitrogens with zero attached hydrogens (tertiary/aromatic N) is 2. The molecule has 1 heterocycles. The molecule has 35 heavy (non-hydrogen) atoms. The van der Waals surface area contributed by atoms with Gasteiger partial charge in [-0.05, 0) is 41.0 Å². The summed E-state index contributed by atoms with van der Waals surface area (Å²) in [5, 5.41) is 0. The van der Waals surface area contributed by atoms with E-state index >= 15 is 0 Å². The van der Waals surface area contributed by atoms with Gasteiger partial charge in [-0.2, -0.15) is 0 Å². The summed E-state index contributed by atoms with van der Waals surface area (Å²) in [6.45, 7) is 6.38. The van der Waals surface area contributed by atoms with Gasteiger partial charge in [-0.1, -0.05) is 66.7 Å². The van der Waals surface area contributed by atoms with Gasteiger partial charge in [0.05, 0.1) is 6.61 Å². The minimum Gasteiger partial charge on any atom is -1.00 e. The van der Waals surface area contributed by atoms with Crippen LogP contribution in [0.4, 0.5) is 8.78 Å². The van der Waals surface area contributed by atoms with Crippen LogP contribution in [-0.4, -0.2) is 55.7 Å². The van der Waals surface area contributed by atoms with Gasteiger partial charge in [-0.3, -0.25) is 9.80 Å². The molecule has 3 nitrogen and oxygen atoms in total. The number of benzene rings is 3. The number of piperazine rings is 1. The molecular formula is C28H30Cl2F2N2O-2. The third-order valence-corrected chi connectivity index (χ3v) is 5.98. The number of hydrogen-bond acceptors (Lipinski definition) is 3. The zero-order valence-electron chi connectivity index (χ0n) is 19.5. The molecule has 1 fully saturated rings. The maximum absolute atomic E-state index is 13.4. The Balaban J connectivity index is 0.00000216. The zero-order chi connectivity index (χ0) is 22.9. The van der Waals surface area contributed by atoms with Crippen LogP contribution >= 0.6 is 0 Å². The highest BCUT2D eigenvalue weighted by Gasteiger charge is 2.18. The predicted molar refractivity (Wildman–Crippen MR) is 129 cm³/mol. The third kappa shape index (κ3) is 9.02. The van der Waals surface area contributed by atoms with Crippen LogP contribution in [-0.2, 0) is 4.74 Å². The number of rotatable bonds is 9. The molecule has 1 aliphatic heterocycles. The fourth-order valence-corrected chi connectivity index (χ4v) is 4.06. The maximum atomic E-state index is 13.4. The molecule has 4 rings (SSSR count). The first-order chi connectivity index (χ1) is 16.2. The molecule has 3 aromatic rings. The van der Waals surface area contributed by atoms with Crippen molar-refractivity contribution < 1.29 is 38.3 Å². The second-order valence-corrected chi connectivity index (χ2v) is 8.31. The van der Waals surface area contributed by atoms with Crippen molar-refractivity contribution in [2.75, 3.05) is 45.9 Å². The molecule has 1 saturated heterocycles. The normalized spacial score (nSPS) is 14.6. The van der Waals surface area contributed by atoms with Crippen molar-refractivity contribution in [1.82, 2.24) is 9.80 Å². The van der Waals surface area contributed by atoms with Crippen LogP contribution in [0.3, 0.4) is 0 Å². The van der Waals surface area contributed by atoms with E-state index in [0.29, 0.717) is 6.61 Å². The molecule has 0 unspecified atom stereocenters. The molecule has 1 aliphatic rings. The Labute approximate surface area is 219 Å². The van der Waals surface area contributed by atoms with Crippen molar-refractivity contribution in [3.8, 4) is 0 Å². The molecule has 0 radical (unpaired) electrons. The molecule has 0 aliphatic carbocycles. The summed E-state index contributed by atoms with van der Waals surface area (Å²) in [5.41, 5.74) is 2.95. The Bertz CT molecular complexity index is 964. The first-order valence-electron chi connectivity index (χ1n) is 11.5. The minimum absolute atomic E-state index is 0. The molecule has 0 atom stereocenters. The quantitative estimate of drug-likeness (QED) is 0.376. The summed E-state index contributed by atoms with van der Waals surface area (Å²) in [5.74, 6) is -0.568. The van der Waals surface area contributed by atoms with Crippen molar-refractivity contribution in [2.45, 2.75) is 6.10 Å². The number of hydrogen-bond donors (Lipinski definition) is 0. The lowest BCUT2D eigenvalue weighted by Gasteiger charge is -2.34. The van der Waals surface area contributed by atoms with Crippen LogP contribution in [0.1, 0.15) is 22.8 Å². The lowest BCUT2D eigenvalue weighted by atomic mass is 10.0. The topological polar surface area (TPSA) is 15.7 Å². The Morgan fingerprint density at radius 2 is 1.23 bits per heavy atom. The second-order valence-electron chi connectivity index (χ2n) is 8.31. The largest absolute Gasteiger partial charge is 1.00 e. The van der Waals surface area contributed by atoms with E-state index < -0.39 is 0 Å². The van der Waals surface area contributed by atoms with Gasteiger partial charge in [0.15, 0.2) is 0 Å². The highest BCUT2D eigenvalue weighted by atomic mass is 35.5. The lowest BCUT2D eigenvalue weighted by molar-refractivity contribution is -0.001000. The van der Waals surface area contributed by atoms with Crippen LogP contribution in [0.2, 0.25) is 0 Å². The van der Waals surface area contributed by atoms with Crippen molar-refractivity contribution in [3.05, 3.63) is 113 Å². The smallest absolute Gasteiger partial charge is 0.123 e. The Morgan fingerprint density at radius 3 is 1.77 bits per heavy atom. The molecule has 0 saturated carbocycles. The maximum Gasteiger partial charge on any atom is 0.123 e. The van der Waals surface area contributed by atoms with Crippen molar-refractivity contribution in [3.63, 3.8) is 0 Å². The fourth-order valence-electron chi connectivity index (χ4n) is 4.06. The average molecular weight is 519 g/mol. The molecule has 0 spiro atoms. The first kappa shape index (κ1) is 29.0. The molecule has 0 amide bonds. The summed E-state index contributed by atoms with van der Waals surface area (Å²) < 4.78 is 33.0. The summed E-state index contributed by atoms with van der Waals surface area (Å²) in [4.78, 5) is 4.86. The second kappa shape index (κ2) is 15.0. The third-order valence-electron chi connectivity index (χ3n) is 5.98. The van der Waals surface area contributed by atoms with Gasteiger partial charge in [-0.25, -0.2) is 8.78 Å². The monoisotopic (exact) mass is 518 g/mol. The van der Waals surface area contributed by atoms with Gasteiger partial charge in [0.25, 0.3) is 0 Å². The Hall–Kier alpha value is -2.28. The summed E-state index contributed by atoms with van der Waals surface area (Å²) in [6.07, 6.45) is 4.05. The predicted octanol–water partition coefficient (Wildman–Crippen LogP) is -0.590. The van der Waals surface area contributed by atoms with E-state index in [0.717, 1.165) is 50.4 Å².